The third-order valence-electron chi connectivity index (χ3n) is 10.3. The third-order valence-corrected chi connectivity index (χ3v) is 10.3. The Hall–Kier alpha value is -6.52. The van der Waals surface area contributed by atoms with Gasteiger partial charge >= 0.3 is 0 Å². The molecule has 4 heteroatoms. The van der Waals surface area contributed by atoms with Crippen LogP contribution in [0, 0.1) is 27.7 Å². The molecule has 9 rings (SSSR count). The van der Waals surface area contributed by atoms with E-state index >= 15 is 0 Å². The average Bonchev–Trinajstić information content (AvgIpc) is 3.18. The van der Waals surface area contributed by atoms with Gasteiger partial charge < -0.3 is 9.80 Å². The molecule has 0 radical (unpaired) electrons. The van der Waals surface area contributed by atoms with Gasteiger partial charge in [0, 0.05) is 33.5 Å². The molecular formula is C48H38N4. The zero-order valence-electron chi connectivity index (χ0n) is 29.8. The van der Waals surface area contributed by atoms with Gasteiger partial charge in [0.15, 0.2) is 0 Å². The highest BCUT2D eigenvalue weighted by Gasteiger charge is 2.26. The SMILES string of the molecule is Cc1ccccc1N(c1ccccc1C)c1ccc(N(c2ccccc2C)c2ccccc2C)c2nc3c4ccccc4c4ccccc4c3nc12. The number of para-hydroxylation sites is 4. The average molecular weight is 671 g/mol. The Kier molecular flexibility index (Phi) is 7.66. The standard InChI is InChI=1S/C48H38N4/c1-31-17-5-13-25-39(31)51(40-26-14-6-18-32(40)2)43-29-30-44(52(41-27-15-7-19-33(41)3)42-28-16-8-20-34(42)4)48-47(43)49-45-37-23-11-9-21-35(37)36-22-10-12-24-38(36)46(45)50-48/h5-30H,1-4H3. The maximum absolute atomic E-state index is 5.73. The van der Waals surface area contributed by atoms with E-state index in [1.165, 1.54) is 33.0 Å². The molecule has 0 amide bonds. The van der Waals surface area contributed by atoms with Crippen molar-refractivity contribution in [1.82, 2.24) is 9.97 Å². The van der Waals surface area contributed by atoms with E-state index in [1.54, 1.807) is 0 Å². The van der Waals surface area contributed by atoms with Crippen LogP contribution in [0.15, 0.2) is 158 Å². The van der Waals surface area contributed by atoms with Crippen molar-refractivity contribution in [1.29, 1.82) is 0 Å². The minimum Gasteiger partial charge on any atom is -0.308 e. The Morgan fingerprint density at radius 2 is 0.538 bits per heavy atom. The van der Waals surface area contributed by atoms with E-state index < -0.39 is 0 Å². The Bertz CT molecular complexity index is 2540. The molecule has 0 atom stereocenters. The summed E-state index contributed by atoms with van der Waals surface area (Å²) in [4.78, 5) is 16.2. The second-order valence-corrected chi connectivity index (χ2v) is 13.6. The van der Waals surface area contributed by atoms with E-state index in [1.807, 2.05) is 0 Å². The van der Waals surface area contributed by atoms with E-state index in [2.05, 4.69) is 195 Å². The summed E-state index contributed by atoms with van der Waals surface area (Å²) in [6.07, 6.45) is 0. The summed E-state index contributed by atoms with van der Waals surface area (Å²) in [7, 11) is 0. The molecule has 1 aromatic heterocycles. The van der Waals surface area contributed by atoms with E-state index in [4.69, 9.17) is 9.97 Å². The number of nitrogens with zero attached hydrogens (tertiary/aromatic N) is 4. The lowest BCUT2D eigenvalue weighted by Crippen LogP contribution is -2.16. The van der Waals surface area contributed by atoms with Crippen molar-refractivity contribution in [2.24, 2.45) is 0 Å². The van der Waals surface area contributed by atoms with Gasteiger partial charge in [-0.2, -0.15) is 0 Å². The summed E-state index contributed by atoms with van der Waals surface area (Å²) in [6, 6.07) is 56.0. The summed E-state index contributed by atoms with van der Waals surface area (Å²) in [6.45, 7) is 8.71. The normalized spacial score (nSPS) is 11.5. The Morgan fingerprint density at radius 1 is 0.269 bits per heavy atom. The molecule has 4 nitrogen and oxygen atoms in total. The zero-order chi connectivity index (χ0) is 35.3. The predicted molar refractivity (Wildman–Crippen MR) is 220 cm³/mol. The van der Waals surface area contributed by atoms with Gasteiger partial charge in [0.2, 0.25) is 0 Å². The van der Waals surface area contributed by atoms with Crippen molar-refractivity contribution in [3.05, 3.63) is 180 Å². The second kappa shape index (κ2) is 12.7. The van der Waals surface area contributed by atoms with Crippen molar-refractivity contribution in [3.63, 3.8) is 0 Å². The highest BCUT2D eigenvalue weighted by atomic mass is 15.2. The molecule has 0 aliphatic heterocycles. The monoisotopic (exact) mass is 670 g/mol. The molecule has 0 saturated carbocycles. The van der Waals surface area contributed by atoms with Crippen LogP contribution in [0.3, 0.4) is 0 Å². The molecular weight excluding hydrogens is 633 g/mol. The lowest BCUT2D eigenvalue weighted by molar-refractivity contribution is 1.21. The van der Waals surface area contributed by atoms with Crippen LogP contribution in [0.5, 0.6) is 0 Å². The summed E-state index contributed by atoms with van der Waals surface area (Å²) in [5.41, 5.74) is 14.5. The summed E-state index contributed by atoms with van der Waals surface area (Å²) in [5.74, 6) is 0. The van der Waals surface area contributed by atoms with Gasteiger partial charge in [-0.25, -0.2) is 9.97 Å². The quantitative estimate of drug-likeness (QED) is 0.130. The van der Waals surface area contributed by atoms with Crippen LogP contribution in [0.2, 0.25) is 0 Å². The summed E-state index contributed by atoms with van der Waals surface area (Å²) >= 11 is 0. The number of fused-ring (bicyclic) bond motifs is 7. The highest BCUT2D eigenvalue weighted by Crippen LogP contribution is 2.47. The van der Waals surface area contributed by atoms with Crippen molar-refractivity contribution in [2.45, 2.75) is 27.7 Å². The molecule has 8 aromatic carbocycles. The maximum Gasteiger partial charge on any atom is 0.116 e. The first-order chi connectivity index (χ1) is 25.5. The first-order valence-corrected chi connectivity index (χ1v) is 17.9. The molecule has 0 spiro atoms. The number of benzene rings is 8. The highest BCUT2D eigenvalue weighted by molar-refractivity contribution is 6.24. The molecule has 0 N–H and O–H groups in total. The van der Waals surface area contributed by atoms with Crippen LogP contribution in [0.1, 0.15) is 22.3 Å². The van der Waals surface area contributed by atoms with Crippen molar-refractivity contribution in [2.75, 3.05) is 9.80 Å². The van der Waals surface area contributed by atoms with Gasteiger partial charge in [-0.1, -0.05) is 121 Å². The Labute approximate surface area is 304 Å². The molecule has 0 unspecified atom stereocenters. The first kappa shape index (κ1) is 31.5. The summed E-state index contributed by atoms with van der Waals surface area (Å²) < 4.78 is 0. The minimum atomic E-state index is 0.837. The molecule has 0 fully saturated rings. The van der Waals surface area contributed by atoms with Crippen LogP contribution in [-0.2, 0) is 0 Å². The molecule has 52 heavy (non-hydrogen) atoms. The predicted octanol–water partition coefficient (Wildman–Crippen LogP) is 13.3. The maximum atomic E-state index is 5.73. The van der Waals surface area contributed by atoms with E-state index in [-0.39, 0.29) is 0 Å². The van der Waals surface area contributed by atoms with Gasteiger partial charge in [0.25, 0.3) is 0 Å². The minimum absolute atomic E-state index is 0.837. The van der Waals surface area contributed by atoms with Gasteiger partial charge in [0.1, 0.15) is 11.0 Å². The van der Waals surface area contributed by atoms with E-state index in [0.717, 1.165) is 67.0 Å². The molecule has 0 aliphatic rings. The van der Waals surface area contributed by atoms with Crippen molar-refractivity contribution in [3.8, 4) is 0 Å². The van der Waals surface area contributed by atoms with Gasteiger partial charge in [0.05, 0.1) is 22.4 Å². The molecule has 0 bridgehead atoms. The largest absolute Gasteiger partial charge is 0.308 e. The van der Waals surface area contributed by atoms with Gasteiger partial charge in [-0.05, 0) is 97.1 Å². The number of aryl methyl sites for hydroxylation is 4. The van der Waals surface area contributed by atoms with Crippen LogP contribution in [0.25, 0.3) is 43.6 Å². The first-order valence-electron chi connectivity index (χ1n) is 17.9. The fraction of sp³-hybridized carbons (Fsp3) is 0.0833. The van der Waals surface area contributed by atoms with Gasteiger partial charge in [-0.15, -0.1) is 0 Å². The number of anilines is 6. The number of rotatable bonds is 6. The van der Waals surface area contributed by atoms with Crippen molar-refractivity contribution >= 4 is 77.7 Å². The fourth-order valence-corrected chi connectivity index (χ4v) is 7.73. The summed E-state index contributed by atoms with van der Waals surface area (Å²) in [5, 5.41) is 4.53. The number of hydrogen-bond donors (Lipinski definition) is 0. The van der Waals surface area contributed by atoms with Crippen LogP contribution < -0.4 is 9.80 Å². The number of aromatic nitrogens is 2. The van der Waals surface area contributed by atoms with E-state index in [9.17, 15) is 0 Å². The zero-order valence-corrected chi connectivity index (χ0v) is 29.8. The lowest BCUT2D eigenvalue weighted by atomic mass is 9.99. The van der Waals surface area contributed by atoms with Gasteiger partial charge in [-0.3, -0.25) is 0 Å². The lowest BCUT2D eigenvalue weighted by Gasteiger charge is -2.32. The molecule has 1 heterocycles. The third kappa shape index (κ3) is 5.06. The topological polar surface area (TPSA) is 32.3 Å². The molecule has 250 valence electrons. The molecule has 0 saturated heterocycles. The van der Waals surface area contributed by atoms with Crippen LogP contribution >= 0.6 is 0 Å². The molecule has 9 aromatic rings. The van der Waals surface area contributed by atoms with E-state index in [0.29, 0.717) is 0 Å². The second-order valence-electron chi connectivity index (χ2n) is 13.6. The molecule has 0 aliphatic carbocycles. The van der Waals surface area contributed by atoms with Crippen LogP contribution in [-0.4, -0.2) is 9.97 Å². The number of hydrogen-bond acceptors (Lipinski definition) is 4. The Balaban J connectivity index is 1.48. The fourth-order valence-electron chi connectivity index (χ4n) is 7.73. The smallest absolute Gasteiger partial charge is 0.116 e. The van der Waals surface area contributed by atoms with Crippen molar-refractivity contribution < 1.29 is 0 Å². The Morgan fingerprint density at radius 3 is 0.846 bits per heavy atom. The van der Waals surface area contributed by atoms with Crippen LogP contribution in [0.4, 0.5) is 34.1 Å².